The minimum atomic E-state index is -0.198. The van der Waals surface area contributed by atoms with Gasteiger partial charge in [0.15, 0.2) is 0 Å². The van der Waals surface area contributed by atoms with Crippen molar-refractivity contribution in [1.82, 2.24) is 14.1 Å². The van der Waals surface area contributed by atoms with E-state index in [-0.39, 0.29) is 16.2 Å². The van der Waals surface area contributed by atoms with E-state index in [1.807, 2.05) is 6.20 Å². The average molecular weight is 799 g/mol. The Balaban J connectivity index is 1.17. The molecule has 0 radical (unpaired) electrons. The highest BCUT2D eigenvalue weighted by molar-refractivity contribution is 6.09. The highest BCUT2D eigenvalue weighted by Gasteiger charge is 2.25. The molecule has 0 aliphatic heterocycles. The lowest BCUT2D eigenvalue weighted by Crippen LogP contribution is -2.28. The van der Waals surface area contributed by atoms with E-state index in [9.17, 15) is 0 Å². The first-order valence-electron chi connectivity index (χ1n) is 21.3. The quantitative estimate of drug-likeness (QED) is 0.119. The zero-order valence-corrected chi connectivity index (χ0v) is 36.8. The Morgan fingerprint density at radius 3 is 1.77 bits per heavy atom. The Kier molecular flexibility index (Phi) is 9.82. The normalized spacial score (nSPS) is 12.3. The van der Waals surface area contributed by atoms with Gasteiger partial charge in [-0.05, 0) is 116 Å². The Morgan fingerprint density at radius 1 is 0.508 bits per heavy atom. The van der Waals surface area contributed by atoms with E-state index in [1.165, 1.54) is 27.6 Å². The van der Waals surface area contributed by atoms with Crippen molar-refractivity contribution in [1.29, 1.82) is 0 Å². The number of nitrogens with zero attached hydrogens (tertiary/aromatic N) is 4. The molecule has 61 heavy (non-hydrogen) atoms. The number of para-hydroxylation sites is 1. The highest BCUT2D eigenvalue weighted by Crippen LogP contribution is 2.38. The summed E-state index contributed by atoms with van der Waals surface area (Å²) in [6, 6.07) is 53.9. The molecule has 5 nitrogen and oxygen atoms in total. The predicted molar refractivity (Wildman–Crippen MR) is 252 cm³/mol. The summed E-state index contributed by atoms with van der Waals surface area (Å²) in [6.45, 7) is 20.3. The number of benzene rings is 6. The van der Waals surface area contributed by atoms with E-state index in [4.69, 9.17) is 9.72 Å². The van der Waals surface area contributed by atoms with Gasteiger partial charge in [-0.3, -0.25) is 13.7 Å². The van der Waals surface area contributed by atoms with E-state index < -0.39 is 0 Å². The average Bonchev–Trinajstić information content (AvgIpc) is 3.85. The second kappa shape index (κ2) is 15.1. The SMILES string of the molecule is CC(C)(C)c1cc(Oc2ccc3c4ccccc4n(-c4cc(C(C)(C)C)ccn4)c3c2)cc(-n2[c-][n+](-c3cc(-c4ccccc4)cc(-c4ccccc4)c3)cc2C(C)(C)C)c1. The number of hydrogen-bond donors (Lipinski definition) is 0. The maximum Gasteiger partial charge on any atom is 0.269 e. The molecule has 3 heterocycles. The minimum absolute atomic E-state index is 0.0128. The van der Waals surface area contributed by atoms with Crippen molar-refractivity contribution in [2.45, 2.75) is 78.6 Å². The van der Waals surface area contributed by atoms with Crippen molar-refractivity contribution < 1.29 is 9.30 Å². The Hall–Kier alpha value is -6.72. The smallest absolute Gasteiger partial charge is 0.269 e. The zero-order chi connectivity index (χ0) is 42.7. The van der Waals surface area contributed by atoms with Gasteiger partial charge < -0.3 is 4.74 Å². The summed E-state index contributed by atoms with van der Waals surface area (Å²) in [5.41, 5.74) is 12.0. The van der Waals surface area contributed by atoms with E-state index in [0.717, 1.165) is 61.9 Å². The zero-order valence-electron chi connectivity index (χ0n) is 36.8. The lowest BCUT2D eigenvalue weighted by molar-refractivity contribution is -0.599. The summed E-state index contributed by atoms with van der Waals surface area (Å²) in [6.07, 6.45) is 7.95. The number of aromatic nitrogens is 4. The van der Waals surface area contributed by atoms with Crippen molar-refractivity contribution in [3.8, 4) is 50.9 Å². The summed E-state index contributed by atoms with van der Waals surface area (Å²) in [5, 5.41) is 2.34. The number of pyridine rings is 1. The molecule has 6 aromatic carbocycles. The van der Waals surface area contributed by atoms with Crippen LogP contribution in [0.2, 0.25) is 0 Å². The van der Waals surface area contributed by atoms with E-state index in [1.54, 1.807) is 0 Å². The molecule has 304 valence electrons. The van der Waals surface area contributed by atoms with Crippen molar-refractivity contribution in [2.24, 2.45) is 0 Å². The summed E-state index contributed by atoms with van der Waals surface area (Å²) >= 11 is 0. The van der Waals surface area contributed by atoms with Gasteiger partial charge in [-0.15, -0.1) is 0 Å². The molecule has 0 aliphatic rings. The molecule has 0 N–H and O–H groups in total. The van der Waals surface area contributed by atoms with Crippen LogP contribution in [0.4, 0.5) is 0 Å². The fraction of sp³-hybridized carbons (Fsp3) is 0.214. The largest absolute Gasteiger partial charge is 0.458 e. The molecule has 0 bridgehead atoms. The van der Waals surface area contributed by atoms with Gasteiger partial charge in [-0.1, -0.05) is 141 Å². The van der Waals surface area contributed by atoms with Gasteiger partial charge in [0.2, 0.25) is 0 Å². The first kappa shape index (κ1) is 39.7. The van der Waals surface area contributed by atoms with Crippen LogP contribution in [0.15, 0.2) is 164 Å². The van der Waals surface area contributed by atoms with Crippen LogP contribution in [0, 0.1) is 6.33 Å². The van der Waals surface area contributed by atoms with Crippen LogP contribution in [0.1, 0.15) is 79.1 Å². The molecule has 9 rings (SSSR count). The van der Waals surface area contributed by atoms with Gasteiger partial charge in [-0.2, -0.15) is 0 Å². The van der Waals surface area contributed by atoms with Gasteiger partial charge in [0.25, 0.3) is 6.33 Å². The van der Waals surface area contributed by atoms with E-state index in [2.05, 4.69) is 240 Å². The molecule has 0 unspecified atom stereocenters. The maximum atomic E-state index is 6.93. The molecule has 0 spiro atoms. The third-order valence-electron chi connectivity index (χ3n) is 11.6. The molecule has 5 heteroatoms. The topological polar surface area (TPSA) is 35.9 Å². The Labute approximate surface area is 360 Å². The Bertz CT molecular complexity index is 2980. The van der Waals surface area contributed by atoms with Crippen molar-refractivity contribution in [3.63, 3.8) is 0 Å². The van der Waals surface area contributed by atoms with E-state index >= 15 is 0 Å². The number of fused-ring (bicyclic) bond motifs is 3. The molecule has 0 fully saturated rings. The summed E-state index contributed by atoms with van der Waals surface area (Å²) in [4.78, 5) is 4.90. The summed E-state index contributed by atoms with van der Waals surface area (Å²) < 4.78 is 13.6. The number of imidazole rings is 1. The van der Waals surface area contributed by atoms with Gasteiger partial charge in [0.05, 0.1) is 28.1 Å². The van der Waals surface area contributed by atoms with Gasteiger partial charge in [0.1, 0.15) is 17.3 Å². The fourth-order valence-corrected chi connectivity index (χ4v) is 8.18. The van der Waals surface area contributed by atoms with Crippen LogP contribution in [-0.4, -0.2) is 14.1 Å². The van der Waals surface area contributed by atoms with Crippen LogP contribution in [0.3, 0.4) is 0 Å². The van der Waals surface area contributed by atoms with Crippen LogP contribution in [0.5, 0.6) is 11.5 Å². The molecular formula is C56H54N4O. The summed E-state index contributed by atoms with van der Waals surface area (Å²) in [7, 11) is 0. The third kappa shape index (κ3) is 7.89. The number of hydrogen-bond acceptors (Lipinski definition) is 2. The van der Waals surface area contributed by atoms with Gasteiger partial charge in [0, 0.05) is 29.2 Å². The van der Waals surface area contributed by atoms with E-state index in [0.29, 0.717) is 0 Å². The molecule has 3 aromatic heterocycles. The first-order chi connectivity index (χ1) is 29.1. The maximum absolute atomic E-state index is 6.93. The lowest BCUT2D eigenvalue weighted by atomic mass is 9.86. The molecule has 0 atom stereocenters. The van der Waals surface area contributed by atoms with Gasteiger partial charge >= 0.3 is 0 Å². The standard InChI is InChI=1S/C56H54N4O/c1-54(2,3)42-26-27-57-53(33-42)60-50-23-17-16-22-48(50)49-25-24-46(35-51(49)60)61-47-32-43(55(4,5)6)31-45(34-47)59-37-58(36-52(59)56(7,8)9)44-29-40(38-18-12-10-13-19-38)28-41(30-44)39-20-14-11-15-21-39/h10-36H,1-9H3. The first-order valence-corrected chi connectivity index (χ1v) is 21.3. The molecule has 0 amide bonds. The minimum Gasteiger partial charge on any atom is -0.458 e. The van der Waals surface area contributed by atoms with Crippen LogP contribution >= 0.6 is 0 Å². The molecule has 0 aliphatic carbocycles. The fourth-order valence-electron chi connectivity index (χ4n) is 8.18. The predicted octanol–water partition coefficient (Wildman–Crippen LogP) is 14.1. The van der Waals surface area contributed by atoms with Crippen LogP contribution < -0.4 is 9.30 Å². The molecular weight excluding hydrogens is 745 g/mol. The second-order valence-corrected chi connectivity index (χ2v) is 19.3. The Morgan fingerprint density at radius 2 is 1.13 bits per heavy atom. The number of ether oxygens (including phenoxy) is 1. The highest BCUT2D eigenvalue weighted by atomic mass is 16.5. The van der Waals surface area contributed by atoms with Crippen molar-refractivity contribution in [3.05, 3.63) is 187 Å². The molecule has 9 aromatic rings. The van der Waals surface area contributed by atoms with Crippen molar-refractivity contribution >= 4 is 21.8 Å². The van der Waals surface area contributed by atoms with Crippen molar-refractivity contribution in [2.75, 3.05) is 0 Å². The summed E-state index contributed by atoms with van der Waals surface area (Å²) in [5.74, 6) is 2.42. The van der Waals surface area contributed by atoms with Gasteiger partial charge in [-0.25, -0.2) is 4.98 Å². The van der Waals surface area contributed by atoms with Crippen LogP contribution in [-0.2, 0) is 16.2 Å². The lowest BCUT2D eigenvalue weighted by Gasteiger charge is -2.24. The number of rotatable bonds is 7. The molecule has 0 saturated carbocycles. The monoisotopic (exact) mass is 798 g/mol. The second-order valence-electron chi connectivity index (χ2n) is 19.3. The third-order valence-corrected chi connectivity index (χ3v) is 11.6. The molecule has 0 saturated heterocycles. The van der Waals surface area contributed by atoms with Crippen LogP contribution in [0.25, 0.3) is 61.3 Å².